The van der Waals surface area contributed by atoms with Crippen molar-refractivity contribution in [1.82, 2.24) is 0 Å². The summed E-state index contributed by atoms with van der Waals surface area (Å²) in [6.45, 7) is 0. The first kappa shape index (κ1) is 7.12. The minimum Gasteiger partial charge on any atom is -0.217 e. The van der Waals surface area contributed by atoms with Crippen LogP contribution in [0.4, 0.5) is 0 Å². The summed E-state index contributed by atoms with van der Waals surface area (Å²) < 4.78 is 1.12. The van der Waals surface area contributed by atoms with Crippen LogP contribution in [-0.2, 0) is 0 Å². The van der Waals surface area contributed by atoms with E-state index in [9.17, 15) is 0 Å². The Kier molecular flexibility index (Phi) is 2.89. The second kappa shape index (κ2) is 3.25. The van der Waals surface area contributed by atoms with Gasteiger partial charge in [-0.2, -0.15) is 0 Å². The fraction of sp³-hybridized carbons (Fsp3) is 1.00. The Bertz CT molecular complexity index is 66.9. The zero-order valence-electron chi connectivity index (χ0n) is 5.36. The van der Waals surface area contributed by atoms with Crippen molar-refractivity contribution in [2.45, 2.75) is 36.2 Å². The maximum Gasteiger partial charge on any atom is 0.365 e. The first-order valence-electron chi connectivity index (χ1n) is 3.45. The second-order valence-corrected chi connectivity index (χ2v) is 9.35. The molecule has 0 aliphatic heterocycles. The van der Waals surface area contributed by atoms with Gasteiger partial charge in [0.2, 0.25) is 0 Å². The number of halogens is 1. The van der Waals surface area contributed by atoms with E-state index < -0.39 is 12.3 Å². The molecule has 0 saturated heterocycles. The Balaban J connectivity index is 2.24. The molecule has 0 aromatic heterocycles. The van der Waals surface area contributed by atoms with Gasteiger partial charge in [0.1, 0.15) is 0 Å². The van der Waals surface area contributed by atoms with Crippen LogP contribution >= 0.6 is 14.1 Å². The van der Waals surface area contributed by atoms with Gasteiger partial charge in [0.15, 0.2) is 0 Å². The highest BCUT2D eigenvalue weighted by atomic mass is 79.9. The van der Waals surface area contributed by atoms with Crippen LogP contribution in [0.1, 0.15) is 25.7 Å². The molecule has 0 atom stereocenters. The summed E-state index contributed by atoms with van der Waals surface area (Å²) >= 11 is 3.33. The SMILES string of the molecule is [CH3][Al]([Br])[CH]1CCCC1. The maximum atomic E-state index is 3.74. The lowest BCUT2D eigenvalue weighted by molar-refractivity contribution is 0.867. The van der Waals surface area contributed by atoms with E-state index >= 15 is 0 Å². The summed E-state index contributed by atoms with van der Waals surface area (Å²) in [6.07, 6.45) is 6.01. The second-order valence-electron chi connectivity index (χ2n) is 2.72. The molecule has 1 fully saturated rings. The smallest absolute Gasteiger partial charge is 0.217 e. The fourth-order valence-electron chi connectivity index (χ4n) is 1.42. The summed E-state index contributed by atoms with van der Waals surface area (Å²) in [4.78, 5) is 0. The molecule has 46 valence electrons. The predicted molar refractivity (Wildman–Crippen MR) is 42.8 cm³/mol. The minimum atomic E-state index is -0.410. The van der Waals surface area contributed by atoms with Gasteiger partial charge in [-0.25, -0.2) is 14.1 Å². The topological polar surface area (TPSA) is 0 Å². The van der Waals surface area contributed by atoms with Gasteiger partial charge >= 0.3 is 12.3 Å². The molecule has 0 radical (unpaired) electrons. The van der Waals surface area contributed by atoms with Crippen LogP contribution in [0.15, 0.2) is 0 Å². The molecule has 0 unspecified atom stereocenters. The third-order valence-electron chi connectivity index (χ3n) is 2.05. The van der Waals surface area contributed by atoms with E-state index in [4.69, 9.17) is 0 Å². The van der Waals surface area contributed by atoms with Crippen molar-refractivity contribution < 1.29 is 0 Å². The number of rotatable bonds is 1. The molecule has 1 rings (SSSR count). The Morgan fingerprint density at radius 2 is 1.88 bits per heavy atom. The normalized spacial score (nSPS) is 21.8. The third kappa shape index (κ3) is 1.76. The van der Waals surface area contributed by atoms with Crippen LogP contribution in [0.25, 0.3) is 0 Å². The van der Waals surface area contributed by atoms with Gasteiger partial charge in [0.25, 0.3) is 0 Å². The zero-order valence-corrected chi connectivity index (χ0v) is 8.10. The third-order valence-corrected chi connectivity index (χ3v) is 6.26. The summed E-state index contributed by atoms with van der Waals surface area (Å²) in [7, 11) is 0. The molecule has 0 aromatic rings. The molecule has 0 amide bonds. The molecule has 0 bridgehead atoms. The van der Waals surface area contributed by atoms with Gasteiger partial charge in [-0.1, -0.05) is 36.2 Å². The van der Waals surface area contributed by atoms with Crippen LogP contribution in [-0.4, -0.2) is 12.3 Å². The van der Waals surface area contributed by atoms with E-state index in [0.29, 0.717) is 0 Å². The van der Waals surface area contributed by atoms with Crippen LogP contribution in [0.3, 0.4) is 0 Å². The highest BCUT2D eigenvalue weighted by Crippen LogP contribution is 2.34. The standard InChI is InChI=1S/C5H9.CH3.Al.BrH/c1-2-4-5-3-1;;;/h1H,2-5H2;1H3;;1H/q;;+1;/p-1. The summed E-state index contributed by atoms with van der Waals surface area (Å²) in [6, 6.07) is 0. The quantitative estimate of drug-likeness (QED) is 0.559. The van der Waals surface area contributed by atoms with Crippen molar-refractivity contribution in [1.29, 1.82) is 0 Å². The zero-order chi connectivity index (χ0) is 5.98. The van der Waals surface area contributed by atoms with E-state index in [1.54, 1.807) is 0 Å². The molecule has 0 spiro atoms. The van der Waals surface area contributed by atoms with E-state index in [0.717, 1.165) is 4.78 Å². The van der Waals surface area contributed by atoms with Gasteiger partial charge in [0.05, 0.1) is 0 Å². The fourth-order valence-corrected chi connectivity index (χ4v) is 4.39. The molecule has 0 N–H and O–H groups in total. The van der Waals surface area contributed by atoms with E-state index in [1.807, 2.05) is 0 Å². The van der Waals surface area contributed by atoms with Gasteiger partial charge in [0, 0.05) is 0 Å². The van der Waals surface area contributed by atoms with Gasteiger partial charge < -0.3 is 0 Å². The molecular formula is C6H12AlBr. The van der Waals surface area contributed by atoms with Crippen LogP contribution in [0.2, 0.25) is 10.6 Å². The lowest BCUT2D eigenvalue weighted by Crippen LogP contribution is -2.03. The van der Waals surface area contributed by atoms with Crippen LogP contribution in [0, 0.1) is 0 Å². The largest absolute Gasteiger partial charge is 0.365 e. The van der Waals surface area contributed by atoms with Crippen molar-refractivity contribution >= 4 is 26.4 Å². The van der Waals surface area contributed by atoms with Crippen molar-refractivity contribution in [3.05, 3.63) is 0 Å². The van der Waals surface area contributed by atoms with Crippen molar-refractivity contribution in [3.8, 4) is 0 Å². The Morgan fingerprint density at radius 1 is 1.38 bits per heavy atom. The molecule has 0 heterocycles. The molecule has 8 heavy (non-hydrogen) atoms. The average Bonchev–Trinajstić information content (AvgIpc) is 2.12. The van der Waals surface area contributed by atoms with E-state index in [-0.39, 0.29) is 0 Å². The highest BCUT2D eigenvalue weighted by molar-refractivity contribution is 9.24. The molecular weight excluding hydrogens is 179 g/mol. The summed E-state index contributed by atoms with van der Waals surface area (Å²) in [5.74, 6) is 2.40. The summed E-state index contributed by atoms with van der Waals surface area (Å²) in [5.41, 5.74) is 0. The average molecular weight is 191 g/mol. The van der Waals surface area contributed by atoms with Crippen molar-refractivity contribution in [3.63, 3.8) is 0 Å². The maximum absolute atomic E-state index is 3.74. The number of hydrogen-bond donors (Lipinski definition) is 0. The van der Waals surface area contributed by atoms with Crippen LogP contribution in [0.5, 0.6) is 0 Å². The summed E-state index contributed by atoms with van der Waals surface area (Å²) in [5, 5.41) is 0. The van der Waals surface area contributed by atoms with Gasteiger partial charge in [-0.15, -0.1) is 0 Å². The first-order chi connectivity index (χ1) is 3.80. The Labute approximate surface area is 62.7 Å². The number of hydrogen-bond acceptors (Lipinski definition) is 0. The van der Waals surface area contributed by atoms with Gasteiger partial charge in [-0.05, 0) is 0 Å². The van der Waals surface area contributed by atoms with E-state index in [1.165, 1.54) is 25.7 Å². The molecule has 1 saturated carbocycles. The Hall–Kier alpha value is 1.01. The molecule has 0 nitrogen and oxygen atoms in total. The monoisotopic (exact) mass is 190 g/mol. The highest BCUT2D eigenvalue weighted by Gasteiger charge is 2.23. The minimum absolute atomic E-state index is 0.410. The molecule has 1 aliphatic carbocycles. The lowest BCUT2D eigenvalue weighted by atomic mass is 10.4. The molecule has 1 aliphatic rings. The predicted octanol–water partition coefficient (Wildman–Crippen LogP) is 2.95. The molecule has 2 heteroatoms. The van der Waals surface area contributed by atoms with Crippen molar-refractivity contribution in [2.75, 3.05) is 0 Å². The molecule has 0 aromatic carbocycles. The van der Waals surface area contributed by atoms with Crippen LogP contribution < -0.4 is 0 Å². The lowest BCUT2D eigenvalue weighted by Gasteiger charge is -2.04. The Morgan fingerprint density at radius 3 is 2.12 bits per heavy atom. The van der Waals surface area contributed by atoms with Gasteiger partial charge in [-0.3, -0.25) is 0 Å². The van der Waals surface area contributed by atoms with E-state index in [2.05, 4.69) is 19.8 Å². The van der Waals surface area contributed by atoms with Crippen molar-refractivity contribution in [2.24, 2.45) is 0 Å². The first-order valence-corrected chi connectivity index (χ1v) is 8.45.